The van der Waals surface area contributed by atoms with Crippen molar-refractivity contribution < 1.29 is 19.4 Å². The molecule has 8 heteroatoms. The van der Waals surface area contributed by atoms with E-state index in [0.717, 1.165) is 43.4 Å². The van der Waals surface area contributed by atoms with Crippen molar-refractivity contribution in [3.63, 3.8) is 0 Å². The minimum atomic E-state index is -0.725. The van der Waals surface area contributed by atoms with Gasteiger partial charge in [0.2, 0.25) is 11.8 Å². The summed E-state index contributed by atoms with van der Waals surface area (Å²) in [7, 11) is 0. The molecular weight excluding hydrogens is 546 g/mol. The van der Waals surface area contributed by atoms with Crippen molar-refractivity contribution in [1.29, 1.82) is 0 Å². The molecule has 0 aliphatic carbocycles. The highest BCUT2D eigenvalue weighted by molar-refractivity contribution is 8.11. The molecule has 0 spiro atoms. The third-order valence-corrected chi connectivity index (χ3v) is 8.94. The van der Waals surface area contributed by atoms with Crippen LogP contribution < -0.4 is 10.6 Å². The van der Waals surface area contributed by atoms with Gasteiger partial charge in [-0.3, -0.25) is 9.59 Å². The number of nitrogens with zero attached hydrogens (tertiary/aromatic N) is 1. The number of nitrogens with one attached hydrogen (secondary N) is 2. The van der Waals surface area contributed by atoms with Crippen molar-refractivity contribution in [2.45, 2.75) is 112 Å². The lowest BCUT2D eigenvalue weighted by molar-refractivity contribution is -0.142. The van der Waals surface area contributed by atoms with E-state index in [9.17, 15) is 14.7 Å². The predicted octanol–water partition coefficient (Wildman–Crippen LogP) is 6.27. The lowest BCUT2D eigenvalue weighted by Crippen LogP contribution is -2.57. The summed E-state index contributed by atoms with van der Waals surface area (Å²) >= 11 is 1.75. The first-order valence-corrected chi connectivity index (χ1v) is 16.4. The molecule has 1 aliphatic heterocycles. The number of rotatable bonds is 16. The molecule has 0 saturated carbocycles. The Morgan fingerprint density at radius 2 is 1.81 bits per heavy atom. The van der Waals surface area contributed by atoms with Crippen LogP contribution in [-0.4, -0.2) is 66.3 Å². The molecule has 1 saturated heterocycles. The number of thioether (sulfide) groups is 1. The molecule has 1 aliphatic rings. The summed E-state index contributed by atoms with van der Waals surface area (Å²) in [6.07, 6.45) is 3.88. The number of unbranched alkanes of at least 4 members (excludes halogenated alkanes) is 2. The fraction of sp³-hybridized carbons (Fsp3) is 0.647. The smallest absolute Gasteiger partial charge is 0.243 e. The van der Waals surface area contributed by atoms with Gasteiger partial charge in [-0.1, -0.05) is 94.6 Å². The van der Waals surface area contributed by atoms with Crippen molar-refractivity contribution in [1.82, 2.24) is 15.5 Å². The van der Waals surface area contributed by atoms with Crippen molar-refractivity contribution in [2.75, 3.05) is 26.3 Å². The van der Waals surface area contributed by atoms with Crippen LogP contribution in [-0.2, 0) is 20.9 Å². The fourth-order valence-corrected chi connectivity index (χ4v) is 5.86. The minimum Gasteiger partial charge on any atom is -0.391 e. The molecule has 3 atom stereocenters. The SMILES string of the molecule is CCCCCOCCNC(C(=O)N1C[C@H](O)CC1C(=O)NCc1ccc(C(S/C=C(\C)CC)=C(C)C)cc1)C(C)(C)C. The molecule has 2 rings (SSSR count). The molecule has 1 fully saturated rings. The van der Waals surface area contributed by atoms with E-state index in [1.807, 2.05) is 32.9 Å². The maximum atomic E-state index is 13.7. The van der Waals surface area contributed by atoms with Gasteiger partial charge in [-0.15, -0.1) is 0 Å². The Balaban J connectivity index is 2.02. The molecular formula is C34H55N3O4S. The first-order valence-electron chi connectivity index (χ1n) is 15.5. The van der Waals surface area contributed by atoms with Gasteiger partial charge >= 0.3 is 0 Å². The number of aliphatic hydroxyl groups excluding tert-OH is 1. The molecule has 236 valence electrons. The first-order chi connectivity index (χ1) is 19.9. The summed E-state index contributed by atoms with van der Waals surface area (Å²) in [5.41, 5.74) is 4.36. The summed E-state index contributed by atoms with van der Waals surface area (Å²) in [6.45, 7) is 19.0. The number of ether oxygens (including phenoxy) is 1. The maximum Gasteiger partial charge on any atom is 0.243 e. The highest BCUT2D eigenvalue weighted by Crippen LogP contribution is 2.33. The van der Waals surface area contributed by atoms with Gasteiger partial charge in [-0.25, -0.2) is 0 Å². The largest absolute Gasteiger partial charge is 0.391 e. The second kappa shape index (κ2) is 17.9. The van der Waals surface area contributed by atoms with Crippen LogP contribution in [0.1, 0.15) is 98.6 Å². The van der Waals surface area contributed by atoms with Gasteiger partial charge in [0.05, 0.1) is 18.8 Å². The number of hydrogen-bond acceptors (Lipinski definition) is 6. The number of benzene rings is 1. The van der Waals surface area contributed by atoms with Crippen molar-refractivity contribution in [3.8, 4) is 0 Å². The fourth-order valence-electron chi connectivity index (χ4n) is 4.87. The maximum absolute atomic E-state index is 13.7. The number of aliphatic hydroxyl groups is 1. The van der Waals surface area contributed by atoms with Crippen LogP contribution in [0.4, 0.5) is 0 Å². The number of carbonyl (C=O) groups excluding carboxylic acids is 2. The van der Waals surface area contributed by atoms with Gasteiger partial charge < -0.3 is 25.4 Å². The molecule has 3 N–H and O–H groups in total. The van der Waals surface area contributed by atoms with Crippen LogP contribution in [0.15, 0.2) is 40.8 Å². The molecule has 7 nitrogen and oxygen atoms in total. The van der Waals surface area contributed by atoms with E-state index in [1.54, 1.807) is 16.7 Å². The van der Waals surface area contributed by atoms with Crippen LogP contribution in [0.5, 0.6) is 0 Å². The Kier molecular flexibility index (Phi) is 15.3. The van der Waals surface area contributed by atoms with Crippen LogP contribution in [0.2, 0.25) is 0 Å². The lowest BCUT2D eigenvalue weighted by Gasteiger charge is -2.35. The van der Waals surface area contributed by atoms with Gasteiger partial charge in [0.25, 0.3) is 0 Å². The van der Waals surface area contributed by atoms with Gasteiger partial charge in [0.15, 0.2) is 0 Å². The highest BCUT2D eigenvalue weighted by Gasteiger charge is 2.43. The first kappa shape index (κ1) is 36.1. The molecule has 1 aromatic rings. The van der Waals surface area contributed by atoms with Gasteiger partial charge in [-0.2, -0.15) is 0 Å². The number of β-amino-alcohol motifs (C(OH)–C–C–N with tert-alkyl or cyclic N) is 1. The van der Waals surface area contributed by atoms with Crippen molar-refractivity contribution in [2.24, 2.45) is 5.41 Å². The van der Waals surface area contributed by atoms with E-state index < -0.39 is 18.2 Å². The van der Waals surface area contributed by atoms with Crippen LogP contribution >= 0.6 is 11.8 Å². The number of likely N-dealkylation sites (tertiary alicyclic amines) is 1. The van der Waals surface area contributed by atoms with E-state index in [2.05, 4.69) is 62.8 Å². The highest BCUT2D eigenvalue weighted by atomic mass is 32.2. The standard InChI is InChI=1S/C34H55N3O4S/c1-9-11-12-18-41-19-17-35-31(34(6,7)8)33(40)37-22-28(38)20-29(37)32(39)36-21-26-13-15-27(16-14-26)30(24(3)4)42-23-25(5)10-2/h13-16,23,28-29,31,35,38H,9-12,17-22H2,1-8H3,(H,36,39)/b25-23+/t28-,29?,31?/m1/s1. The molecule has 0 bridgehead atoms. The van der Waals surface area contributed by atoms with Crippen LogP contribution in [0.25, 0.3) is 4.91 Å². The number of amides is 2. The molecule has 1 heterocycles. The van der Waals surface area contributed by atoms with Crippen molar-refractivity contribution >= 4 is 28.5 Å². The number of carbonyl (C=O) groups is 2. The van der Waals surface area contributed by atoms with Crippen LogP contribution in [0.3, 0.4) is 0 Å². The number of hydrogen-bond donors (Lipinski definition) is 3. The molecule has 0 aromatic heterocycles. The Labute approximate surface area is 258 Å². The summed E-state index contributed by atoms with van der Waals surface area (Å²) in [4.78, 5) is 29.8. The summed E-state index contributed by atoms with van der Waals surface area (Å²) < 4.78 is 5.71. The van der Waals surface area contributed by atoms with E-state index in [4.69, 9.17) is 4.74 Å². The van der Waals surface area contributed by atoms with Crippen molar-refractivity contribution in [3.05, 3.63) is 51.9 Å². The van der Waals surface area contributed by atoms with Gasteiger partial charge in [-0.05, 0) is 55.6 Å². The van der Waals surface area contributed by atoms with Gasteiger partial charge in [0.1, 0.15) is 6.04 Å². The second-order valence-corrected chi connectivity index (χ2v) is 13.5. The zero-order chi connectivity index (χ0) is 31.3. The molecule has 2 amide bonds. The molecule has 2 unspecified atom stereocenters. The molecule has 42 heavy (non-hydrogen) atoms. The lowest BCUT2D eigenvalue weighted by atomic mass is 9.85. The van der Waals surface area contributed by atoms with E-state index >= 15 is 0 Å². The predicted molar refractivity (Wildman–Crippen MR) is 176 cm³/mol. The Bertz CT molecular complexity index is 1060. The Hall–Kier alpha value is -2.13. The quantitative estimate of drug-likeness (QED) is 0.194. The zero-order valence-electron chi connectivity index (χ0n) is 27.2. The Morgan fingerprint density at radius 3 is 2.40 bits per heavy atom. The average Bonchev–Trinajstić information content (AvgIpc) is 3.34. The van der Waals surface area contributed by atoms with Gasteiger partial charge in [0, 0.05) is 37.6 Å². The third-order valence-electron chi connectivity index (χ3n) is 7.54. The zero-order valence-corrected chi connectivity index (χ0v) is 28.0. The average molecular weight is 602 g/mol. The van der Waals surface area contributed by atoms with Crippen LogP contribution in [0, 0.1) is 5.41 Å². The molecule has 0 radical (unpaired) electrons. The normalized spacial score (nSPS) is 18.2. The van der Waals surface area contributed by atoms with E-state index in [-0.39, 0.29) is 30.2 Å². The monoisotopic (exact) mass is 601 g/mol. The second-order valence-electron chi connectivity index (χ2n) is 12.6. The summed E-state index contributed by atoms with van der Waals surface area (Å²) in [6, 6.07) is 7.05. The van der Waals surface area contributed by atoms with E-state index in [0.29, 0.717) is 19.7 Å². The molecule has 1 aromatic carbocycles. The minimum absolute atomic E-state index is 0.155. The Morgan fingerprint density at radius 1 is 1.12 bits per heavy atom. The summed E-state index contributed by atoms with van der Waals surface area (Å²) in [5.74, 6) is -0.398. The summed E-state index contributed by atoms with van der Waals surface area (Å²) in [5, 5.41) is 19.0. The van der Waals surface area contributed by atoms with E-state index in [1.165, 1.54) is 16.1 Å². The third kappa shape index (κ3) is 11.5. The topological polar surface area (TPSA) is 90.9 Å². The number of allylic oxidation sites excluding steroid dienone is 2.